The fourth-order valence-electron chi connectivity index (χ4n) is 2.19. The Morgan fingerprint density at radius 1 is 1.26 bits per heavy atom. The van der Waals surface area contributed by atoms with E-state index in [1.165, 1.54) is 6.07 Å². The number of benzene rings is 1. The number of carbonyl (C=O) groups is 1. The summed E-state index contributed by atoms with van der Waals surface area (Å²) in [4.78, 5) is 11.3. The van der Waals surface area contributed by atoms with Gasteiger partial charge >= 0.3 is 0 Å². The van der Waals surface area contributed by atoms with E-state index in [2.05, 4.69) is 4.72 Å². The van der Waals surface area contributed by atoms with Gasteiger partial charge in [-0.1, -0.05) is 0 Å². The molecule has 0 spiro atoms. The number of hydrogen-bond donors (Lipinski definition) is 2. The highest BCUT2D eigenvalue weighted by molar-refractivity contribution is 7.89. The predicted octanol–water partition coefficient (Wildman–Crippen LogP) is -0.854. The number of nitrogens with one attached hydrogen (secondary N) is 1. The molecule has 0 saturated heterocycles. The predicted molar refractivity (Wildman–Crippen MR) is 64.4 cm³/mol. The second kappa shape index (κ2) is 4.10. The van der Waals surface area contributed by atoms with Gasteiger partial charge in [0.15, 0.2) is 11.5 Å². The topological polar surface area (TPSA) is 108 Å². The van der Waals surface area contributed by atoms with Crippen LogP contribution in [0.25, 0.3) is 0 Å². The minimum Gasteiger partial charge on any atom is -0.486 e. The van der Waals surface area contributed by atoms with E-state index in [0.717, 1.165) is 0 Å². The molecule has 7 nitrogen and oxygen atoms in total. The van der Waals surface area contributed by atoms with Crippen LogP contribution in [0.2, 0.25) is 0 Å². The third kappa shape index (κ3) is 2.02. The summed E-state index contributed by atoms with van der Waals surface area (Å²) in [5.74, 6) is 0.183. The van der Waals surface area contributed by atoms with Crippen LogP contribution in [0.4, 0.5) is 0 Å². The lowest BCUT2D eigenvalue weighted by atomic mass is 10.0. The Labute approximate surface area is 109 Å². The summed E-state index contributed by atoms with van der Waals surface area (Å²) in [7, 11) is -3.76. The van der Waals surface area contributed by atoms with Gasteiger partial charge in [0.25, 0.3) is 0 Å². The molecule has 2 aliphatic rings. The zero-order valence-electron chi connectivity index (χ0n) is 9.88. The fraction of sp³-hybridized carbons (Fsp3) is 0.364. The van der Waals surface area contributed by atoms with Gasteiger partial charge in [0.05, 0.1) is 4.90 Å². The minimum atomic E-state index is -3.76. The summed E-state index contributed by atoms with van der Waals surface area (Å²) in [5, 5.41) is 0. The number of amides is 1. The van der Waals surface area contributed by atoms with Crippen LogP contribution >= 0.6 is 0 Å². The van der Waals surface area contributed by atoms with Gasteiger partial charge in [-0.05, 0) is 18.1 Å². The van der Waals surface area contributed by atoms with Crippen molar-refractivity contribution in [2.75, 3.05) is 13.2 Å². The third-order valence-electron chi connectivity index (χ3n) is 3.08. The molecule has 102 valence electrons. The number of sulfonamides is 1. The van der Waals surface area contributed by atoms with E-state index in [1.807, 2.05) is 0 Å². The lowest BCUT2D eigenvalue weighted by molar-refractivity contribution is -0.119. The molecule has 1 unspecified atom stereocenters. The van der Waals surface area contributed by atoms with Crippen molar-refractivity contribution in [1.82, 2.24) is 4.72 Å². The van der Waals surface area contributed by atoms with Gasteiger partial charge in [-0.15, -0.1) is 0 Å². The molecule has 0 bridgehead atoms. The van der Waals surface area contributed by atoms with Crippen molar-refractivity contribution in [2.45, 2.75) is 17.4 Å². The highest BCUT2D eigenvalue weighted by Gasteiger charge is 2.34. The first kappa shape index (κ1) is 12.2. The average molecular weight is 284 g/mol. The van der Waals surface area contributed by atoms with Crippen LogP contribution in [0.1, 0.15) is 5.56 Å². The third-order valence-corrected chi connectivity index (χ3v) is 4.63. The molecule has 1 aromatic carbocycles. The monoisotopic (exact) mass is 284 g/mol. The molecule has 0 saturated carbocycles. The van der Waals surface area contributed by atoms with Gasteiger partial charge in [0, 0.05) is 6.07 Å². The molecule has 0 aliphatic carbocycles. The Morgan fingerprint density at radius 3 is 2.53 bits per heavy atom. The summed E-state index contributed by atoms with van der Waals surface area (Å²) >= 11 is 0. The molecule has 2 heterocycles. The van der Waals surface area contributed by atoms with Crippen molar-refractivity contribution >= 4 is 15.9 Å². The van der Waals surface area contributed by atoms with Crippen LogP contribution in [-0.4, -0.2) is 33.6 Å². The van der Waals surface area contributed by atoms with Gasteiger partial charge < -0.3 is 15.2 Å². The van der Waals surface area contributed by atoms with Crippen LogP contribution in [0, 0.1) is 0 Å². The van der Waals surface area contributed by atoms with Gasteiger partial charge in [-0.3, -0.25) is 4.79 Å². The number of carbonyl (C=O) groups excluding carboxylic acids is 1. The zero-order chi connectivity index (χ0) is 13.6. The number of nitrogens with two attached hydrogens (primary N) is 1. The zero-order valence-corrected chi connectivity index (χ0v) is 10.7. The van der Waals surface area contributed by atoms with Crippen LogP contribution in [0.3, 0.4) is 0 Å². The molecule has 19 heavy (non-hydrogen) atoms. The molecule has 2 aliphatic heterocycles. The van der Waals surface area contributed by atoms with Gasteiger partial charge in [-0.25, -0.2) is 8.42 Å². The number of rotatable bonds is 1. The number of primary amides is 1. The maximum Gasteiger partial charge on any atom is 0.241 e. The van der Waals surface area contributed by atoms with Crippen LogP contribution in [0.15, 0.2) is 17.0 Å². The van der Waals surface area contributed by atoms with Gasteiger partial charge in [-0.2, -0.15) is 4.72 Å². The maximum atomic E-state index is 12.1. The number of fused-ring (bicyclic) bond motifs is 2. The molecule has 3 N–H and O–H groups in total. The maximum absolute atomic E-state index is 12.1. The van der Waals surface area contributed by atoms with E-state index >= 15 is 0 Å². The molecule has 8 heteroatoms. The van der Waals surface area contributed by atoms with E-state index in [-0.39, 0.29) is 11.3 Å². The fourth-order valence-corrected chi connectivity index (χ4v) is 3.64. The van der Waals surface area contributed by atoms with Gasteiger partial charge in [0.1, 0.15) is 19.3 Å². The molecular weight excluding hydrogens is 272 g/mol. The molecule has 0 fully saturated rings. The highest BCUT2D eigenvalue weighted by atomic mass is 32.2. The molecule has 1 aromatic rings. The Hall–Kier alpha value is -1.80. The molecular formula is C11H12N2O5S. The normalized spacial score (nSPS) is 23.5. The van der Waals surface area contributed by atoms with Crippen molar-refractivity contribution in [1.29, 1.82) is 0 Å². The summed E-state index contributed by atoms with van der Waals surface area (Å²) in [6.45, 7) is 0.791. The standard InChI is InChI=1S/C11H12N2O5S/c12-11(14)7-3-6-4-8-9(18-2-1-17-8)5-10(6)19(15,16)13-7/h4-5,7,13H,1-3H2,(H2,12,14). The van der Waals surface area contributed by atoms with E-state index in [1.54, 1.807) is 6.07 Å². The summed E-state index contributed by atoms with van der Waals surface area (Å²) < 4.78 is 37.1. The summed E-state index contributed by atoms with van der Waals surface area (Å²) in [6.07, 6.45) is 0.209. The molecule has 0 aromatic heterocycles. The smallest absolute Gasteiger partial charge is 0.241 e. The van der Waals surface area contributed by atoms with Crippen molar-refractivity contribution in [3.05, 3.63) is 17.7 Å². The van der Waals surface area contributed by atoms with Crippen LogP contribution in [-0.2, 0) is 21.2 Å². The van der Waals surface area contributed by atoms with E-state index in [4.69, 9.17) is 15.2 Å². The first-order valence-corrected chi connectivity index (χ1v) is 7.20. The average Bonchev–Trinajstić information content (AvgIpc) is 2.36. The Morgan fingerprint density at radius 2 is 1.89 bits per heavy atom. The summed E-state index contributed by atoms with van der Waals surface area (Å²) in [5.41, 5.74) is 5.67. The first-order valence-electron chi connectivity index (χ1n) is 5.71. The lowest BCUT2D eigenvalue weighted by Gasteiger charge is -2.26. The second-order valence-electron chi connectivity index (χ2n) is 4.38. The van der Waals surface area contributed by atoms with Crippen molar-refractivity contribution in [3.63, 3.8) is 0 Å². The first-order chi connectivity index (χ1) is 8.97. The Bertz CT molecular complexity index is 655. The SMILES string of the molecule is NC(=O)C1Cc2cc3c(cc2S(=O)(=O)N1)OCCO3. The van der Waals surface area contributed by atoms with Crippen LogP contribution < -0.4 is 19.9 Å². The van der Waals surface area contributed by atoms with Crippen molar-refractivity contribution < 1.29 is 22.7 Å². The highest BCUT2D eigenvalue weighted by Crippen LogP contribution is 2.36. The molecule has 1 amide bonds. The Balaban J connectivity index is 2.13. The number of ether oxygens (including phenoxy) is 2. The van der Waals surface area contributed by atoms with E-state index in [0.29, 0.717) is 30.3 Å². The quantitative estimate of drug-likeness (QED) is 0.698. The van der Waals surface area contributed by atoms with Crippen molar-refractivity contribution in [3.8, 4) is 11.5 Å². The number of hydrogen-bond acceptors (Lipinski definition) is 5. The molecule has 1 atom stereocenters. The largest absolute Gasteiger partial charge is 0.486 e. The molecule has 3 rings (SSSR count). The van der Waals surface area contributed by atoms with Gasteiger partial charge in [0.2, 0.25) is 15.9 Å². The van der Waals surface area contributed by atoms with Crippen LogP contribution in [0.5, 0.6) is 11.5 Å². The second-order valence-corrected chi connectivity index (χ2v) is 6.07. The van der Waals surface area contributed by atoms with Crippen molar-refractivity contribution in [2.24, 2.45) is 5.73 Å². The van der Waals surface area contributed by atoms with E-state index < -0.39 is 22.0 Å². The van der Waals surface area contributed by atoms with E-state index in [9.17, 15) is 13.2 Å². The summed E-state index contributed by atoms with van der Waals surface area (Å²) in [6, 6.07) is 2.08. The minimum absolute atomic E-state index is 0.106. The molecule has 0 radical (unpaired) electrons. The Kier molecular flexibility index (Phi) is 2.64. The lowest BCUT2D eigenvalue weighted by Crippen LogP contribution is -2.48.